The van der Waals surface area contributed by atoms with E-state index in [-0.39, 0.29) is 11.8 Å². The molecule has 1 fully saturated rings. The number of aromatic nitrogens is 3. The number of rotatable bonds is 3. The van der Waals surface area contributed by atoms with E-state index in [9.17, 15) is 9.59 Å². The lowest BCUT2D eigenvalue weighted by molar-refractivity contribution is -0.123. The third-order valence-corrected chi connectivity index (χ3v) is 6.70. The first-order valence-electron chi connectivity index (χ1n) is 10.8. The number of carbonyl (C=O) groups excluding carboxylic acids is 2. The molecule has 1 spiro atoms. The summed E-state index contributed by atoms with van der Waals surface area (Å²) in [7, 11) is 0. The van der Waals surface area contributed by atoms with Gasteiger partial charge in [0, 0.05) is 42.1 Å². The summed E-state index contributed by atoms with van der Waals surface area (Å²) in [6.07, 6.45) is 5.22. The summed E-state index contributed by atoms with van der Waals surface area (Å²) in [4.78, 5) is 34.0. The number of benzene rings is 1. The summed E-state index contributed by atoms with van der Waals surface area (Å²) >= 11 is 6.06. The van der Waals surface area contributed by atoms with Crippen LogP contribution in [0, 0.1) is 6.92 Å². The van der Waals surface area contributed by atoms with E-state index >= 15 is 0 Å². The van der Waals surface area contributed by atoms with Crippen LogP contribution in [0.25, 0.3) is 0 Å². The molecule has 3 aromatic rings. The molecule has 0 unspecified atom stereocenters. The molecule has 1 saturated heterocycles. The van der Waals surface area contributed by atoms with Crippen molar-refractivity contribution < 1.29 is 9.59 Å². The maximum atomic E-state index is 13.3. The van der Waals surface area contributed by atoms with Gasteiger partial charge in [-0.05, 0) is 55.7 Å². The van der Waals surface area contributed by atoms with Gasteiger partial charge in [0.15, 0.2) is 0 Å². The minimum Gasteiger partial charge on any atom is -0.338 e. The smallest absolute Gasteiger partial charge is 0.253 e. The molecule has 1 aromatic carbocycles. The van der Waals surface area contributed by atoms with Crippen LogP contribution in [0.1, 0.15) is 40.9 Å². The zero-order valence-corrected chi connectivity index (χ0v) is 18.6. The van der Waals surface area contributed by atoms with Gasteiger partial charge < -0.3 is 4.90 Å². The minimum absolute atomic E-state index is 0.0272. The molecule has 2 aliphatic rings. The lowest BCUT2D eigenvalue weighted by Gasteiger charge is -2.46. The number of likely N-dealkylation sites (tertiary alicyclic amines) is 1. The highest BCUT2D eigenvalue weighted by Crippen LogP contribution is 2.42. The number of hydrogen-bond donors (Lipinski definition) is 0. The lowest BCUT2D eigenvalue weighted by atomic mass is 9.82. The highest BCUT2D eigenvalue weighted by atomic mass is 35.5. The predicted octanol–water partition coefficient (Wildman–Crippen LogP) is 3.81. The molecule has 0 saturated carbocycles. The predicted molar refractivity (Wildman–Crippen MR) is 122 cm³/mol. The Morgan fingerprint density at radius 3 is 2.59 bits per heavy atom. The van der Waals surface area contributed by atoms with Gasteiger partial charge in [-0.2, -0.15) is 5.10 Å². The van der Waals surface area contributed by atoms with Crippen LogP contribution in [-0.2, 0) is 16.9 Å². The van der Waals surface area contributed by atoms with Crippen molar-refractivity contribution in [2.24, 2.45) is 0 Å². The fourth-order valence-electron chi connectivity index (χ4n) is 4.77. The second-order valence-corrected chi connectivity index (χ2v) is 9.03. The third kappa shape index (κ3) is 3.66. The maximum absolute atomic E-state index is 13.3. The summed E-state index contributed by atoms with van der Waals surface area (Å²) in [5, 5.41) is 5.33. The average Bonchev–Trinajstić information content (AvgIpc) is 3.20. The first-order valence-corrected chi connectivity index (χ1v) is 11.1. The molecule has 0 aliphatic carbocycles. The Morgan fingerprint density at radius 1 is 1.12 bits per heavy atom. The summed E-state index contributed by atoms with van der Waals surface area (Å²) in [6.45, 7) is 3.58. The zero-order chi connectivity index (χ0) is 22.3. The van der Waals surface area contributed by atoms with Crippen molar-refractivity contribution in [3.63, 3.8) is 0 Å². The third-order valence-electron chi connectivity index (χ3n) is 6.46. The van der Waals surface area contributed by atoms with Crippen LogP contribution in [0.5, 0.6) is 0 Å². The van der Waals surface area contributed by atoms with Crippen molar-refractivity contribution in [2.75, 3.05) is 18.0 Å². The van der Waals surface area contributed by atoms with Crippen LogP contribution in [0.15, 0.2) is 54.9 Å². The van der Waals surface area contributed by atoms with Crippen LogP contribution >= 0.6 is 11.6 Å². The molecule has 0 bridgehead atoms. The molecule has 164 valence electrons. The molecule has 0 radical (unpaired) electrons. The molecule has 2 amide bonds. The molecule has 2 aromatic heterocycles. The van der Waals surface area contributed by atoms with E-state index in [0.717, 1.165) is 17.1 Å². The lowest BCUT2D eigenvalue weighted by Crippen LogP contribution is -2.54. The fourth-order valence-corrected chi connectivity index (χ4v) is 4.96. The second kappa shape index (κ2) is 8.06. The monoisotopic (exact) mass is 449 g/mol. The first-order chi connectivity index (χ1) is 15.4. The molecule has 0 atom stereocenters. The number of aryl methyl sites for hydroxylation is 1. The van der Waals surface area contributed by atoms with Gasteiger partial charge in [-0.25, -0.2) is 4.68 Å². The van der Waals surface area contributed by atoms with Crippen molar-refractivity contribution in [3.05, 3.63) is 76.7 Å². The topological polar surface area (TPSA) is 71.3 Å². The number of carbonyl (C=O) groups is 2. The number of anilines is 1. The molecular formula is C24H24ClN5O2. The Morgan fingerprint density at radius 2 is 1.88 bits per heavy atom. The molecule has 0 N–H and O–H groups in total. The molecule has 7 nitrogen and oxygen atoms in total. The van der Waals surface area contributed by atoms with Crippen molar-refractivity contribution in [2.45, 2.75) is 38.3 Å². The number of hydrogen-bond acceptors (Lipinski definition) is 4. The van der Waals surface area contributed by atoms with E-state index in [0.29, 0.717) is 49.5 Å². The number of fused-ring (bicyclic) bond motifs is 2. The van der Waals surface area contributed by atoms with Gasteiger partial charge in [-0.1, -0.05) is 17.7 Å². The Labute approximate surface area is 191 Å². The molecular weight excluding hydrogens is 426 g/mol. The number of nitrogens with zero attached hydrogens (tertiary/aromatic N) is 5. The van der Waals surface area contributed by atoms with Gasteiger partial charge >= 0.3 is 0 Å². The molecule has 5 rings (SSSR count). The SMILES string of the molecule is Cc1cc2n(n1)C1(CCN(C(=O)c3cccc(Cl)c3)CC1)CC(=O)N2Cc1ccncc1. The van der Waals surface area contributed by atoms with Crippen LogP contribution in [-0.4, -0.2) is 44.6 Å². The quantitative estimate of drug-likeness (QED) is 0.609. The van der Waals surface area contributed by atoms with Gasteiger partial charge in [0.05, 0.1) is 24.2 Å². The van der Waals surface area contributed by atoms with Gasteiger partial charge in [0.25, 0.3) is 5.91 Å². The van der Waals surface area contributed by atoms with E-state index in [1.54, 1.807) is 36.7 Å². The molecule has 2 aliphatic heterocycles. The Bertz CT molecular complexity index is 1170. The zero-order valence-electron chi connectivity index (χ0n) is 17.9. The van der Waals surface area contributed by atoms with Crippen molar-refractivity contribution in [1.82, 2.24) is 19.7 Å². The van der Waals surface area contributed by atoms with Gasteiger partial charge in [0.2, 0.25) is 5.91 Å². The number of piperidine rings is 1. The summed E-state index contributed by atoms with van der Waals surface area (Å²) in [5.74, 6) is 0.884. The van der Waals surface area contributed by atoms with E-state index in [1.165, 1.54) is 0 Å². The van der Waals surface area contributed by atoms with Crippen molar-refractivity contribution >= 4 is 29.2 Å². The first kappa shape index (κ1) is 20.7. The van der Waals surface area contributed by atoms with Gasteiger partial charge in [-0.3, -0.25) is 19.5 Å². The largest absolute Gasteiger partial charge is 0.338 e. The Hall–Kier alpha value is -3.19. The number of amides is 2. The number of halogens is 1. The standard InChI is InChI=1S/C24H24ClN5O2/c1-17-13-21-29(16-18-5-9-26-10-6-18)22(31)15-24(30(21)27-17)7-11-28(12-8-24)23(32)19-3-2-4-20(25)14-19/h2-6,9-10,13-14H,7-8,11-12,15-16H2,1H3. The van der Waals surface area contributed by atoms with Crippen molar-refractivity contribution in [3.8, 4) is 0 Å². The van der Waals surface area contributed by atoms with Crippen LogP contribution < -0.4 is 4.90 Å². The minimum atomic E-state index is -0.402. The molecule has 4 heterocycles. The normalized spacial score (nSPS) is 17.5. The number of pyridine rings is 1. The highest BCUT2D eigenvalue weighted by Gasteiger charge is 2.46. The second-order valence-electron chi connectivity index (χ2n) is 8.59. The Balaban J connectivity index is 1.39. The fraction of sp³-hybridized carbons (Fsp3) is 0.333. The molecule has 32 heavy (non-hydrogen) atoms. The molecule has 8 heteroatoms. The van der Waals surface area contributed by atoms with Crippen molar-refractivity contribution in [1.29, 1.82) is 0 Å². The summed E-state index contributed by atoms with van der Waals surface area (Å²) in [5.41, 5.74) is 2.09. The Kier molecular flexibility index (Phi) is 5.21. The summed E-state index contributed by atoms with van der Waals surface area (Å²) < 4.78 is 2.03. The van der Waals surface area contributed by atoms with E-state index in [2.05, 4.69) is 4.98 Å². The maximum Gasteiger partial charge on any atom is 0.253 e. The highest BCUT2D eigenvalue weighted by molar-refractivity contribution is 6.30. The summed E-state index contributed by atoms with van der Waals surface area (Å²) in [6, 6.07) is 12.9. The van der Waals surface area contributed by atoms with Crippen LogP contribution in [0.2, 0.25) is 5.02 Å². The van der Waals surface area contributed by atoms with Gasteiger partial charge in [0.1, 0.15) is 5.82 Å². The van der Waals surface area contributed by atoms with E-state index < -0.39 is 5.54 Å². The van der Waals surface area contributed by atoms with Crippen LogP contribution in [0.4, 0.5) is 5.82 Å². The van der Waals surface area contributed by atoms with E-state index in [4.69, 9.17) is 16.7 Å². The average molecular weight is 450 g/mol. The van der Waals surface area contributed by atoms with E-state index in [1.807, 2.05) is 39.6 Å². The van der Waals surface area contributed by atoms with Crippen LogP contribution in [0.3, 0.4) is 0 Å². The van der Waals surface area contributed by atoms with Gasteiger partial charge in [-0.15, -0.1) is 0 Å².